The first-order valence-corrected chi connectivity index (χ1v) is 1.95. The van der Waals surface area contributed by atoms with Gasteiger partial charge >= 0.3 is 0 Å². The standard InChI is InChI=1S/C3H9N.HOP/c1-4(2)3;1-2/h1-3H3;2H. The average molecular weight is 107 g/mol. The molecular formula is C3H10NOP. The van der Waals surface area contributed by atoms with Crippen LogP contribution >= 0.6 is 9.12 Å². The summed E-state index contributed by atoms with van der Waals surface area (Å²) in [4.78, 5) is 2.00. The van der Waals surface area contributed by atoms with Crippen LogP contribution in [0.5, 0.6) is 0 Å². The highest BCUT2D eigenvalue weighted by Crippen LogP contribution is 1.47. The molecule has 3 heteroatoms. The fourth-order valence-corrected chi connectivity index (χ4v) is 0. The van der Waals surface area contributed by atoms with E-state index in [1.807, 2.05) is 26.0 Å². The topological polar surface area (TPSA) is 20.3 Å². The van der Waals surface area contributed by atoms with Crippen LogP contribution < -0.4 is 0 Å². The van der Waals surface area contributed by atoms with Crippen LogP contribution in [-0.2, 0) is 4.57 Å². The van der Waals surface area contributed by atoms with E-state index in [-0.39, 0.29) is 0 Å². The van der Waals surface area contributed by atoms with Crippen LogP contribution in [0, 0.1) is 0 Å². The van der Waals surface area contributed by atoms with Gasteiger partial charge in [-0.1, -0.05) is 0 Å². The van der Waals surface area contributed by atoms with E-state index in [2.05, 4.69) is 0 Å². The molecule has 0 aliphatic rings. The molecule has 0 rings (SSSR count). The van der Waals surface area contributed by atoms with Crippen molar-refractivity contribution in [3.05, 3.63) is 0 Å². The van der Waals surface area contributed by atoms with Gasteiger partial charge in [0.05, 0.1) is 0 Å². The Hall–Kier alpha value is 0.0600. The predicted molar refractivity (Wildman–Crippen MR) is 28.6 cm³/mol. The first-order chi connectivity index (χ1) is 2.73. The highest BCUT2D eigenvalue weighted by molar-refractivity contribution is 7.00. The lowest BCUT2D eigenvalue weighted by Crippen LogP contribution is -1.99. The number of hydrogen-bond donors (Lipinski definition) is 0. The highest BCUT2D eigenvalue weighted by atomic mass is 31.0. The Balaban J connectivity index is 0. The molecule has 0 aromatic heterocycles. The number of hydrogen-bond acceptors (Lipinski definition) is 2. The van der Waals surface area contributed by atoms with Crippen LogP contribution in [-0.4, -0.2) is 26.0 Å². The van der Waals surface area contributed by atoms with Gasteiger partial charge in [-0.15, -0.1) is 0 Å². The molecule has 0 aromatic carbocycles. The Morgan fingerprint density at radius 3 is 1.17 bits per heavy atom. The second-order valence-electron chi connectivity index (χ2n) is 1.34. The third-order valence-electron chi connectivity index (χ3n) is 0. The monoisotopic (exact) mass is 107 g/mol. The van der Waals surface area contributed by atoms with Gasteiger partial charge < -0.3 is 4.90 Å². The van der Waals surface area contributed by atoms with Gasteiger partial charge in [0.1, 0.15) is 9.12 Å². The molecule has 0 N–H and O–H groups in total. The lowest BCUT2D eigenvalue weighted by molar-refractivity contribution is 0.505. The van der Waals surface area contributed by atoms with Gasteiger partial charge in [-0.3, -0.25) is 4.57 Å². The van der Waals surface area contributed by atoms with E-state index in [0.717, 1.165) is 0 Å². The van der Waals surface area contributed by atoms with E-state index in [9.17, 15) is 0 Å². The Labute approximate surface area is 40.8 Å². The van der Waals surface area contributed by atoms with Gasteiger partial charge in [-0.05, 0) is 21.1 Å². The van der Waals surface area contributed by atoms with E-state index in [1.54, 1.807) is 9.12 Å². The molecule has 0 aliphatic carbocycles. The summed E-state index contributed by atoms with van der Waals surface area (Å²) >= 11 is 0. The minimum absolute atomic E-state index is 1.72. The minimum atomic E-state index is 1.72. The summed E-state index contributed by atoms with van der Waals surface area (Å²) in [7, 11) is 7.72. The van der Waals surface area contributed by atoms with Gasteiger partial charge in [-0.2, -0.15) is 0 Å². The SMILES string of the molecule is CN(C)C.O=P. The molecule has 0 saturated heterocycles. The first kappa shape index (κ1) is 9.41. The highest BCUT2D eigenvalue weighted by Gasteiger charge is 1.58. The van der Waals surface area contributed by atoms with Crippen molar-refractivity contribution in [3.8, 4) is 0 Å². The van der Waals surface area contributed by atoms with Crippen LogP contribution in [0.4, 0.5) is 0 Å². The quantitative estimate of drug-likeness (QED) is 0.423. The smallest absolute Gasteiger partial charge is 0.138 e. The fraction of sp³-hybridized carbons (Fsp3) is 1.00. The summed E-state index contributed by atoms with van der Waals surface area (Å²) in [5.74, 6) is 0. The van der Waals surface area contributed by atoms with Crippen molar-refractivity contribution in [2.45, 2.75) is 0 Å². The zero-order chi connectivity index (χ0) is 5.58. The Morgan fingerprint density at radius 1 is 1.17 bits per heavy atom. The summed E-state index contributed by atoms with van der Waals surface area (Å²) in [6.07, 6.45) is 0. The Morgan fingerprint density at radius 2 is 1.17 bits per heavy atom. The molecule has 0 amide bonds. The van der Waals surface area contributed by atoms with Crippen LogP contribution in [0.15, 0.2) is 0 Å². The molecule has 0 bridgehead atoms. The molecule has 6 heavy (non-hydrogen) atoms. The molecule has 0 atom stereocenters. The largest absolute Gasteiger partial charge is 0.312 e. The normalized spacial score (nSPS) is 6.67. The maximum absolute atomic E-state index is 8.06. The maximum atomic E-state index is 8.06. The van der Waals surface area contributed by atoms with Crippen LogP contribution in [0.2, 0.25) is 0 Å². The molecule has 0 spiro atoms. The summed E-state index contributed by atoms with van der Waals surface area (Å²) < 4.78 is 8.06. The Kier molecular flexibility index (Phi) is 14.0. The molecule has 0 heterocycles. The molecule has 0 unspecified atom stereocenters. The molecule has 38 valence electrons. The van der Waals surface area contributed by atoms with Gasteiger partial charge in [0.25, 0.3) is 0 Å². The third-order valence-corrected chi connectivity index (χ3v) is 0. The minimum Gasteiger partial charge on any atom is -0.312 e. The van der Waals surface area contributed by atoms with E-state index in [1.165, 1.54) is 0 Å². The molecule has 0 aromatic rings. The van der Waals surface area contributed by atoms with Crippen molar-refractivity contribution in [2.75, 3.05) is 21.1 Å². The predicted octanol–water partition coefficient (Wildman–Crippen LogP) is 0.652. The summed E-state index contributed by atoms with van der Waals surface area (Å²) in [5, 5.41) is 0. The van der Waals surface area contributed by atoms with Gasteiger partial charge in [-0.25, -0.2) is 0 Å². The average Bonchev–Trinajstić information content (AvgIpc) is 1.41. The second kappa shape index (κ2) is 8.91. The first-order valence-electron chi connectivity index (χ1n) is 1.55. The molecular weight excluding hydrogens is 97.0 g/mol. The van der Waals surface area contributed by atoms with Crippen LogP contribution in [0.3, 0.4) is 0 Å². The van der Waals surface area contributed by atoms with E-state index in [4.69, 9.17) is 4.57 Å². The zero-order valence-electron chi connectivity index (χ0n) is 4.36. The van der Waals surface area contributed by atoms with Crippen LogP contribution in [0.1, 0.15) is 0 Å². The summed E-state index contributed by atoms with van der Waals surface area (Å²) in [6.45, 7) is 0. The summed E-state index contributed by atoms with van der Waals surface area (Å²) in [5.41, 5.74) is 0. The van der Waals surface area contributed by atoms with Crippen molar-refractivity contribution in [1.29, 1.82) is 0 Å². The van der Waals surface area contributed by atoms with E-state index >= 15 is 0 Å². The fourth-order valence-electron chi connectivity index (χ4n) is 0. The molecule has 2 nitrogen and oxygen atoms in total. The molecule has 0 aliphatic heterocycles. The number of nitrogens with zero attached hydrogens (tertiary/aromatic N) is 1. The maximum Gasteiger partial charge on any atom is 0.138 e. The van der Waals surface area contributed by atoms with Gasteiger partial charge in [0.15, 0.2) is 0 Å². The lowest BCUT2D eigenvalue weighted by Gasteiger charge is -1.90. The van der Waals surface area contributed by atoms with E-state index < -0.39 is 0 Å². The van der Waals surface area contributed by atoms with Crippen molar-refractivity contribution in [1.82, 2.24) is 4.90 Å². The van der Waals surface area contributed by atoms with Gasteiger partial charge in [0, 0.05) is 0 Å². The molecule has 0 radical (unpaired) electrons. The van der Waals surface area contributed by atoms with Crippen molar-refractivity contribution in [2.24, 2.45) is 0 Å². The third kappa shape index (κ3) is 10600. The lowest BCUT2D eigenvalue weighted by atomic mass is 11.0. The molecule has 0 fully saturated rings. The van der Waals surface area contributed by atoms with Gasteiger partial charge in [0.2, 0.25) is 0 Å². The van der Waals surface area contributed by atoms with E-state index in [0.29, 0.717) is 0 Å². The Bertz CT molecular complexity index is 22.0. The van der Waals surface area contributed by atoms with Crippen molar-refractivity contribution < 1.29 is 4.57 Å². The zero-order valence-corrected chi connectivity index (χ0v) is 5.36. The molecule has 0 saturated carbocycles. The summed E-state index contributed by atoms with van der Waals surface area (Å²) in [6, 6.07) is 0. The van der Waals surface area contributed by atoms with Crippen molar-refractivity contribution >= 4 is 9.12 Å². The number of rotatable bonds is 0. The van der Waals surface area contributed by atoms with Crippen LogP contribution in [0.25, 0.3) is 0 Å². The van der Waals surface area contributed by atoms with Crippen molar-refractivity contribution in [3.63, 3.8) is 0 Å². The second-order valence-corrected chi connectivity index (χ2v) is 1.34.